The fraction of sp³-hybridized carbons (Fsp3) is 0.250. The first-order chi connectivity index (χ1) is 14.1. The molecule has 2 aromatic rings. The molecule has 0 spiro atoms. The zero-order valence-corrected chi connectivity index (χ0v) is 16.6. The Labute approximate surface area is 174 Å². The van der Waals surface area contributed by atoms with E-state index in [1.165, 1.54) is 18.2 Å². The molecule has 0 saturated heterocycles. The van der Waals surface area contributed by atoms with Gasteiger partial charge >= 0.3 is 12.1 Å². The highest BCUT2D eigenvalue weighted by Gasteiger charge is 2.33. The lowest BCUT2D eigenvalue weighted by Gasteiger charge is -2.16. The van der Waals surface area contributed by atoms with E-state index in [0.717, 1.165) is 17.8 Å². The maximum absolute atomic E-state index is 13.1. The smallest absolute Gasteiger partial charge is 0.418 e. The maximum Gasteiger partial charge on any atom is 0.418 e. The van der Waals surface area contributed by atoms with Gasteiger partial charge in [0.25, 0.3) is 0 Å². The molecule has 0 aliphatic carbocycles. The predicted octanol–water partition coefficient (Wildman–Crippen LogP) is 4.63. The molecular formula is C20H19F3N2O4S. The minimum atomic E-state index is -4.59. The van der Waals surface area contributed by atoms with E-state index in [4.69, 9.17) is 5.11 Å². The second-order valence-corrected chi connectivity index (χ2v) is 7.68. The molecule has 0 aliphatic rings. The molecule has 3 N–H and O–H groups in total. The van der Waals surface area contributed by atoms with Crippen LogP contribution in [0.25, 0.3) is 0 Å². The van der Waals surface area contributed by atoms with Crippen LogP contribution in [-0.4, -0.2) is 28.1 Å². The molecule has 160 valence electrons. The molecule has 2 rings (SSSR count). The van der Waals surface area contributed by atoms with Crippen LogP contribution in [0.5, 0.6) is 0 Å². The third-order valence-corrected chi connectivity index (χ3v) is 4.95. The van der Waals surface area contributed by atoms with Crippen molar-refractivity contribution in [2.45, 2.75) is 36.1 Å². The fourth-order valence-electron chi connectivity index (χ4n) is 2.42. The highest BCUT2D eigenvalue weighted by atomic mass is 32.2. The number of carbonyl (C=O) groups is 3. The number of nitrogens with one attached hydrogen (secondary N) is 2. The lowest BCUT2D eigenvalue weighted by atomic mass is 10.1. The number of hydrogen-bond donors (Lipinski definition) is 3. The number of halogens is 3. The van der Waals surface area contributed by atoms with E-state index in [1.807, 2.05) is 0 Å². The normalized spacial score (nSPS) is 12.1. The monoisotopic (exact) mass is 440 g/mol. The first-order valence-corrected chi connectivity index (χ1v) is 9.69. The summed E-state index contributed by atoms with van der Waals surface area (Å²) in [6.45, 7) is 1.55. The van der Waals surface area contributed by atoms with Crippen molar-refractivity contribution in [2.24, 2.45) is 0 Å². The van der Waals surface area contributed by atoms with E-state index in [-0.39, 0.29) is 18.5 Å². The van der Waals surface area contributed by atoms with Crippen LogP contribution in [0, 0.1) is 0 Å². The average Bonchev–Trinajstić information content (AvgIpc) is 2.66. The van der Waals surface area contributed by atoms with E-state index in [0.29, 0.717) is 10.6 Å². The summed E-state index contributed by atoms with van der Waals surface area (Å²) in [5.74, 6) is -2.15. The first-order valence-electron chi connectivity index (χ1n) is 8.81. The van der Waals surface area contributed by atoms with Gasteiger partial charge < -0.3 is 15.7 Å². The summed E-state index contributed by atoms with van der Waals surface area (Å²) >= 11 is 1.11. The lowest BCUT2D eigenvalue weighted by Crippen LogP contribution is -2.24. The van der Waals surface area contributed by atoms with Gasteiger partial charge in [0.15, 0.2) is 0 Å². The number of amides is 2. The van der Waals surface area contributed by atoms with Crippen molar-refractivity contribution in [1.29, 1.82) is 0 Å². The molecule has 1 atom stereocenters. The number of thioether (sulfide) groups is 1. The largest absolute Gasteiger partial charge is 0.481 e. The number of aliphatic carboxylic acids is 1. The number of rotatable bonds is 8. The molecule has 10 heteroatoms. The van der Waals surface area contributed by atoms with Crippen LogP contribution in [0.4, 0.5) is 24.5 Å². The van der Waals surface area contributed by atoms with Gasteiger partial charge in [-0.25, -0.2) is 0 Å². The molecule has 0 aliphatic heterocycles. The summed E-state index contributed by atoms with van der Waals surface area (Å²) in [5.41, 5.74) is -0.825. The van der Waals surface area contributed by atoms with E-state index in [2.05, 4.69) is 10.6 Å². The Morgan fingerprint density at radius 3 is 2.40 bits per heavy atom. The standard InChI is InChI=1S/C20H19F3N2O4S/c1-12(19(29)25-16-8-3-2-7-15(16)20(21,22)23)30-14-6-4-5-13(11-14)24-17(26)9-10-18(27)28/h2-8,11-12H,9-10H2,1H3,(H,24,26)(H,25,29)(H,27,28). The molecule has 0 fully saturated rings. The third kappa shape index (κ3) is 7.11. The molecule has 0 radical (unpaired) electrons. The Hall–Kier alpha value is -3.01. The molecular weight excluding hydrogens is 421 g/mol. The minimum Gasteiger partial charge on any atom is -0.481 e. The van der Waals surface area contributed by atoms with Crippen LogP contribution < -0.4 is 10.6 Å². The van der Waals surface area contributed by atoms with Crippen molar-refractivity contribution in [1.82, 2.24) is 0 Å². The summed E-state index contributed by atoms with van der Waals surface area (Å²) in [7, 11) is 0. The Bertz CT molecular complexity index is 934. The number of alkyl halides is 3. The molecule has 2 aromatic carbocycles. The Morgan fingerprint density at radius 2 is 1.73 bits per heavy atom. The van der Waals surface area contributed by atoms with Crippen molar-refractivity contribution in [3.63, 3.8) is 0 Å². The van der Waals surface area contributed by atoms with E-state index in [1.54, 1.807) is 31.2 Å². The number of para-hydroxylation sites is 1. The molecule has 0 bridgehead atoms. The third-order valence-electron chi connectivity index (χ3n) is 3.86. The van der Waals surface area contributed by atoms with Gasteiger partial charge in [-0.15, -0.1) is 11.8 Å². The van der Waals surface area contributed by atoms with Gasteiger partial charge in [0.1, 0.15) is 0 Å². The van der Waals surface area contributed by atoms with Crippen LogP contribution in [-0.2, 0) is 20.6 Å². The van der Waals surface area contributed by atoms with Gasteiger partial charge in [-0.3, -0.25) is 14.4 Å². The zero-order chi connectivity index (χ0) is 22.3. The van der Waals surface area contributed by atoms with Gasteiger partial charge in [0.05, 0.1) is 22.9 Å². The average molecular weight is 440 g/mol. The SMILES string of the molecule is CC(Sc1cccc(NC(=O)CCC(=O)O)c1)C(=O)Nc1ccccc1C(F)(F)F. The van der Waals surface area contributed by atoms with E-state index in [9.17, 15) is 27.6 Å². The maximum atomic E-state index is 13.1. The van der Waals surface area contributed by atoms with Crippen molar-refractivity contribution in [3.8, 4) is 0 Å². The van der Waals surface area contributed by atoms with Crippen LogP contribution in [0.2, 0.25) is 0 Å². The lowest BCUT2D eigenvalue weighted by molar-refractivity contribution is -0.138. The van der Waals surface area contributed by atoms with Crippen molar-refractivity contribution in [2.75, 3.05) is 10.6 Å². The quantitative estimate of drug-likeness (QED) is 0.521. The van der Waals surface area contributed by atoms with Crippen LogP contribution in [0.1, 0.15) is 25.3 Å². The number of hydrogen-bond acceptors (Lipinski definition) is 4. The second kappa shape index (κ2) is 10.1. The summed E-state index contributed by atoms with van der Waals surface area (Å²) in [6.07, 6.45) is -5.06. The molecule has 0 heterocycles. The highest BCUT2D eigenvalue weighted by molar-refractivity contribution is 8.00. The number of carboxylic acid groups (broad SMARTS) is 1. The number of anilines is 2. The van der Waals surface area contributed by atoms with Crippen molar-refractivity contribution < 1.29 is 32.7 Å². The van der Waals surface area contributed by atoms with Gasteiger partial charge in [-0.1, -0.05) is 18.2 Å². The molecule has 1 unspecified atom stereocenters. The van der Waals surface area contributed by atoms with E-state index >= 15 is 0 Å². The molecule has 2 amide bonds. The Kier molecular flexibility index (Phi) is 7.87. The molecule has 6 nitrogen and oxygen atoms in total. The van der Waals surface area contributed by atoms with Gasteiger partial charge in [0.2, 0.25) is 11.8 Å². The molecule has 0 saturated carbocycles. The fourth-order valence-corrected chi connectivity index (χ4v) is 3.35. The van der Waals surface area contributed by atoms with Crippen LogP contribution in [0.3, 0.4) is 0 Å². The minimum absolute atomic E-state index is 0.176. The first kappa shape index (κ1) is 23.3. The molecule has 0 aromatic heterocycles. The number of carbonyl (C=O) groups excluding carboxylic acids is 2. The van der Waals surface area contributed by atoms with Crippen molar-refractivity contribution in [3.05, 3.63) is 54.1 Å². The van der Waals surface area contributed by atoms with Gasteiger partial charge in [-0.2, -0.15) is 13.2 Å². The predicted molar refractivity (Wildman–Crippen MR) is 107 cm³/mol. The van der Waals surface area contributed by atoms with Crippen LogP contribution >= 0.6 is 11.8 Å². The summed E-state index contributed by atoms with van der Waals surface area (Å²) in [6, 6.07) is 11.2. The van der Waals surface area contributed by atoms with Crippen LogP contribution in [0.15, 0.2) is 53.4 Å². The molecule has 30 heavy (non-hydrogen) atoms. The Morgan fingerprint density at radius 1 is 1.03 bits per heavy atom. The number of carboxylic acids is 1. The summed E-state index contributed by atoms with van der Waals surface area (Å²) in [5, 5.41) is 12.8. The summed E-state index contributed by atoms with van der Waals surface area (Å²) in [4.78, 5) is 35.2. The number of benzene rings is 2. The van der Waals surface area contributed by atoms with Gasteiger partial charge in [-0.05, 0) is 37.3 Å². The zero-order valence-electron chi connectivity index (χ0n) is 15.8. The highest BCUT2D eigenvalue weighted by Crippen LogP contribution is 2.35. The van der Waals surface area contributed by atoms with Gasteiger partial charge in [0, 0.05) is 17.0 Å². The van der Waals surface area contributed by atoms with Crippen molar-refractivity contribution >= 4 is 40.9 Å². The topological polar surface area (TPSA) is 95.5 Å². The Balaban J connectivity index is 2.01. The second-order valence-electron chi connectivity index (χ2n) is 6.26. The van der Waals surface area contributed by atoms with E-state index < -0.39 is 34.8 Å². The summed E-state index contributed by atoms with van der Waals surface area (Å²) < 4.78 is 39.2.